The fourth-order valence-electron chi connectivity index (χ4n) is 7.57. The number of likely N-dealkylation sites (N-methyl/N-ethyl adjacent to an activating group) is 1. The van der Waals surface area contributed by atoms with Crippen LogP contribution in [-0.4, -0.2) is 70.0 Å². The quantitative estimate of drug-likeness (QED) is 0.0195. The first-order valence-electron chi connectivity index (χ1n) is 29.9. The van der Waals surface area contributed by atoms with E-state index < -0.39 is 32.5 Å². The average Bonchev–Trinajstić information content (AvgIpc) is 3.38. The predicted octanol–water partition coefficient (Wildman–Crippen LogP) is 18.3. The van der Waals surface area contributed by atoms with Gasteiger partial charge in [0.15, 0.2) is 6.10 Å². The van der Waals surface area contributed by atoms with Crippen molar-refractivity contribution in [2.24, 2.45) is 0 Å². The highest BCUT2D eigenvalue weighted by Gasteiger charge is 2.21. The predicted molar refractivity (Wildman–Crippen MR) is 323 cm³/mol. The van der Waals surface area contributed by atoms with Gasteiger partial charge in [0, 0.05) is 12.8 Å². The summed E-state index contributed by atoms with van der Waals surface area (Å²) in [5.41, 5.74) is 0. The molecule has 0 saturated heterocycles. The molecule has 2 atom stereocenters. The van der Waals surface area contributed by atoms with Gasteiger partial charge >= 0.3 is 11.9 Å². The van der Waals surface area contributed by atoms with Crippen LogP contribution < -0.4 is 4.89 Å². The van der Waals surface area contributed by atoms with Gasteiger partial charge in [-0.25, -0.2) is 0 Å². The van der Waals surface area contributed by atoms with E-state index in [2.05, 4.69) is 141 Å². The van der Waals surface area contributed by atoms with Crippen molar-refractivity contribution in [1.82, 2.24) is 0 Å². The monoisotopic (exact) mass is 1080 g/mol. The zero-order valence-corrected chi connectivity index (χ0v) is 49.8. The molecule has 2 unspecified atom stereocenters. The van der Waals surface area contributed by atoms with Crippen LogP contribution >= 0.6 is 7.82 Å². The lowest BCUT2D eigenvalue weighted by atomic mass is 10.0. The molecule has 0 aliphatic rings. The van der Waals surface area contributed by atoms with E-state index in [4.69, 9.17) is 18.5 Å². The number of allylic oxidation sites excluding steroid dienone is 22. The van der Waals surface area contributed by atoms with Crippen molar-refractivity contribution in [3.8, 4) is 0 Å². The molecule has 0 bridgehead atoms. The van der Waals surface area contributed by atoms with Gasteiger partial charge in [0.2, 0.25) is 0 Å². The molecule has 0 amide bonds. The summed E-state index contributed by atoms with van der Waals surface area (Å²) < 4.78 is 34.1. The highest BCUT2D eigenvalue weighted by Crippen LogP contribution is 2.38. The van der Waals surface area contributed by atoms with E-state index in [1.54, 1.807) is 0 Å². The van der Waals surface area contributed by atoms with Gasteiger partial charge in [-0.05, 0) is 109 Å². The number of quaternary nitrogens is 1. The smallest absolute Gasteiger partial charge is 0.306 e. The lowest BCUT2D eigenvalue weighted by Crippen LogP contribution is -2.37. The van der Waals surface area contributed by atoms with Crippen molar-refractivity contribution in [1.29, 1.82) is 0 Å². The van der Waals surface area contributed by atoms with E-state index in [1.807, 2.05) is 27.2 Å². The highest BCUT2D eigenvalue weighted by molar-refractivity contribution is 7.45. The van der Waals surface area contributed by atoms with Crippen LogP contribution in [-0.2, 0) is 32.7 Å². The number of hydrogen-bond donors (Lipinski definition) is 0. The van der Waals surface area contributed by atoms with Gasteiger partial charge in [-0.3, -0.25) is 14.2 Å². The normalized spacial score (nSPS) is 14.2. The van der Waals surface area contributed by atoms with E-state index in [1.165, 1.54) is 89.9 Å². The van der Waals surface area contributed by atoms with Crippen molar-refractivity contribution >= 4 is 19.8 Å². The number of phosphoric ester groups is 1. The summed E-state index contributed by atoms with van der Waals surface area (Å²) in [5, 5.41) is 0. The molecule has 0 aromatic carbocycles. The minimum absolute atomic E-state index is 0.0495. The maximum Gasteiger partial charge on any atom is 0.306 e. The van der Waals surface area contributed by atoms with Gasteiger partial charge in [0.05, 0.1) is 27.7 Å². The second kappa shape index (κ2) is 55.9. The molecule has 0 aliphatic heterocycles. The maximum absolute atomic E-state index is 12.8. The Morgan fingerprint density at radius 3 is 1.16 bits per heavy atom. The lowest BCUT2D eigenvalue weighted by molar-refractivity contribution is -0.870. The molecule has 0 saturated carbocycles. The highest BCUT2D eigenvalue weighted by atomic mass is 31.2. The molecule has 76 heavy (non-hydrogen) atoms. The van der Waals surface area contributed by atoms with Gasteiger partial charge in [-0.2, -0.15) is 0 Å². The molecule has 0 aromatic heterocycles. The third-order valence-electron chi connectivity index (χ3n) is 12.2. The molecular formula is C66H110NO8P. The average molecular weight is 1080 g/mol. The summed E-state index contributed by atoms with van der Waals surface area (Å²) in [6.07, 6.45) is 80.8. The van der Waals surface area contributed by atoms with Crippen LogP contribution in [0.3, 0.4) is 0 Å². The molecule has 0 fully saturated rings. The van der Waals surface area contributed by atoms with E-state index in [0.717, 1.165) is 83.5 Å². The van der Waals surface area contributed by atoms with Crippen molar-refractivity contribution in [2.45, 2.75) is 225 Å². The first-order chi connectivity index (χ1) is 37.0. The van der Waals surface area contributed by atoms with E-state index in [0.29, 0.717) is 30.3 Å². The van der Waals surface area contributed by atoms with Crippen LogP contribution in [0.4, 0.5) is 0 Å². The number of nitrogens with zero attached hydrogens (tertiary/aromatic N) is 1. The first kappa shape index (κ1) is 72.2. The van der Waals surface area contributed by atoms with Crippen LogP contribution in [0.15, 0.2) is 134 Å². The number of hydrogen-bond acceptors (Lipinski definition) is 8. The van der Waals surface area contributed by atoms with E-state index >= 15 is 0 Å². The van der Waals surface area contributed by atoms with E-state index in [9.17, 15) is 19.0 Å². The van der Waals surface area contributed by atoms with Crippen LogP contribution in [0.1, 0.15) is 219 Å². The Bertz CT molecular complexity index is 1740. The van der Waals surface area contributed by atoms with Gasteiger partial charge in [0.1, 0.15) is 19.8 Å². The number of phosphoric acid groups is 1. The van der Waals surface area contributed by atoms with Crippen molar-refractivity contribution in [3.05, 3.63) is 134 Å². The number of carbonyl (C=O) groups excluding carboxylic acids is 2. The minimum Gasteiger partial charge on any atom is -0.756 e. The van der Waals surface area contributed by atoms with Crippen LogP contribution in [0.2, 0.25) is 0 Å². The number of rotatable bonds is 53. The number of unbranched alkanes of at least 4 members (excludes halogenated alkanes) is 17. The van der Waals surface area contributed by atoms with Gasteiger partial charge < -0.3 is 27.9 Å². The van der Waals surface area contributed by atoms with Crippen molar-refractivity contribution in [3.63, 3.8) is 0 Å². The molecular weight excluding hydrogens is 966 g/mol. The Kier molecular flexibility index (Phi) is 53.1. The zero-order chi connectivity index (χ0) is 55.6. The standard InChI is InChI=1S/C66H110NO8P/c1-6-8-10-12-14-16-18-20-22-24-26-28-30-31-32-33-34-35-37-39-41-43-45-47-49-51-53-55-57-59-66(69)75-64(63-74-76(70,71)73-61-60-67(3,4)5)62-72-65(68)58-56-54-52-50-48-46-44-42-40-38-36-29-27-25-23-21-19-17-15-13-11-9-7-2/h8,10,14,16,19-22,25-28,31-32,34-35,39,41,45,47,51,53,64H,6-7,9,11-13,15,17-18,23-24,29-30,33,36-38,40,42-44,46,48-50,52,54-63H2,1-5H3/b10-8-,16-14-,21-19-,22-20-,27-25-,28-26-,32-31-,35-34-,41-39-,47-45-,53-51-. The van der Waals surface area contributed by atoms with Crippen molar-refractivity contribution < 1.29 is 42.1 Å². The molecule has 0 aliphatic carbocycles. The summed E-state index contributed by atoms with van der Waals surface area (Å²) in [5.74, 6) is -0.914. The summed E-state index contributed by atoms with van der Waals surface area (Å²) in [6.45, 7) is 4.03. The molecule has 0 rings (SSSR count). The maximum atomic E-state index is 12.8. The zero-order valence-electron chi connectivity index (χ0n) is 48.9. The molecule has 0 aromatic rings. The Morgan fingerprint density at radius 1 is 0.421 bits per heavy atom. The van der Waals surface area contributed by atoms with Gasteiger partial charge in [0.25, 0.3) is 7.82 Å². The summed E-state index contributed by atoms with van der Waals surface area (Å²) >= 11 is 0. The SMILES string of the molecule is CC/C=C\C/C=C\C/C=C\C/C=C\C/C=C\C/C=C\C/C=C\C/C=C\C/C=C\CCCC(=O)OC(COC(=O)CCCCCCCCCCCCC/C=C\C/C=C\CCCCCCC)COP(=O)([O-])OCC[N+](C)(C)C. The molecule has 0 radical (unpaired) electrons. The molecule has 432 valence electrons. The van der Waals surface area contributed by atoms with Crippen LogP contribution in [0.5, 0.6) is 0 Å². The second-order valence-electron chi connectivity index (χ2n) is 20.6. The Hall–Kier alpha value is -3.85. The topological polar surface area (TPSA) is 111 Å². The number of ether oxygens (including phenoxy) is 2. The summed E-state index contributed by atoms with van der Waals surface area (Å²) in [6, 6.07) is 0. The Labute approximate surface area is 466 Å². The first-order valence-corrected chi connectivity index (χ1v) is 31.4. The van der Waals surface area contributed by atoms with Crippen LogP contribution in [0.25, 0.3) is 0 Å². The Morgan fingerprint density at radius 2 is 0.763 bits per heavy atom. The van der Waals surface area contributed by atoms with Crippen molar-refractivity contribution in [2.75, 3.05) is 47.5 Å². The molecule has 0 N–H and O–H groups in total. The number of esters is 2. The van der Waals surface area contributed by atoms with Crippen LogP contribution in [0, 0.1) is 0 Å². The fraction of sp³-hybridized carbons (Fsp3) is 0.636. The molecule has 10 heteroatoms. The molecule has 0 heterocycles. The minimum atomic E-state index is -4.66. The fourth-order valence-corrected chi connectivity index (χ4v) is 8.30. The molecule has 0 spiro atoms. The number of carbonyl (C=O) groups is 2. The lowest BCUT2D eigenvalue weighted by Gasteiger charge is -2.28. The third kappa shape index (κ3) is 59.4. The third-order valence-corrected chi connectivity index (χ3v) is 13.1. The molecule has 9 nitrogen and oxygen atoms in total. The van der Waals surface area contributed by atoms with Gasteiger partial charge in [-0.15, -0.1) is 0 Å². The summed E-state index contributed by atoms with van der Waals surface area (Å²) in [4.78, 5) is 37.9. The van der Waals surface area contributed by atoms with Gasteiger partial charge in [-0.1, -0.05) is 231 Å². The summed E-state index contributed by atoms with van der Waals surface area (Å²) in [7, 11) is 1.11. The second-order valence-corrected chi connectivity index (χ2v) is 22.0. The largest absolute Gasteiger partial charge is 0.756 e. The Balaban J connectivity index is 4.31. The van der Waals surface area contributed by atoms with E-state index in [-0.39, 0.29) is 26.1 Å².